The second-order valence-corrected chi connectivity index (χ2v) is 2.16. The molecule has 0 spiro atoms. The predicted octanol–water partition coefficient (Wildman–Crippen LogP) is 0.498. The number of carbonyl (C=O) groups is 1. The highest BCUT2D eigenvalue weighted by Crippen LogP contribution is 2.13. The molecule has 4 heteroatoms. The van der Waals surface area contributed by atoms with Gasteiger partial charge in [0.25, 0.3) is 0 Å². The van der Waals surface area contributed by atoms with Crippen LogP contribution in [-0.4, -0.2) is 11.1 Å². The normalized spacial score (nSPS) is 13.1. The molecule has 0 saturated heterocycles. The fourth-order valence-corrected chi connectivity index (χ4v) is 0.770. The number of rotatable bonds is 4. The lowest BCUT2D eigenvalue weighted by atomic mass is 10.1. The summed E-state index contributed by atoms with van der Waals surface area (Å²) < 4.78 is 0. The summed E-state index contributed by atoms with van der Waals surface area (Å²) in [5, 5.41) is 8.70. The molecule has 0 aliphatic rings. The van der Waals surface area contributed by atoms with E-state index in [1.54, 1.807) is 0 Å². The first-order valence-electron chi connectivity index (χ1n) is 3.48. The zero-order valence-corrected chi connectivity index (χ0v) is 7.16. The van der Waals surface area contributed by atoms with Gasteiger partial charge in [-0.1, -0.05) is 19.2 Å². The van der Waals surface area contributed by atoms with E-state index < -0.39 is 5.97 Å². The molecular formula is C9H12N2O2. The van der Waals surface area contributed by atoms with Crippen molar-refractivity contribution in [1.82, 2.24) is 0 Å². The van der Waals surface area contributed by atoms with Crippen molar-refractivity contribution in [3.8, 4) is 0 Å². The van der Waals surface area contributed by atoms with E-state index in [1.807, 2.05) is 0 Å². The van der Waals surface area contributed by atoms with Gasteiger partial charge in [-0.3, -0.25) is 0 Å². The van der Waals surface area contributed by atoms with Crippen LogP contribution in [0.2, 0.25) is 0 Å². The Morgan fingerprint density at radius 3 is 2.08 bits per heavy atom. The molecule has 0 aliphatic carbocycles. The van der Waals surface area contributed by atoms with Crippen molar-refractivity contribution in [2.24, 2.45) is 11.5 Å². The molecule has 0 heterocycles. The van der Waals surface area contributed by atoms with Crippen LogP contribution in [0.15, 0.2) is 48.4 Å². The molecule has 0 rings (SSSR count). The average molecular weight is 180 g/mol. The molecule has 0 saturated carbocycles. The molecule has 13 heavy (non-hydrogen) atoms. The molecule has 0 aromatic heterocycles. The van der Waals surface area contributed by atoms with Gasteiger partial charge in [0.05, 0.1) is 5.57 Å². The summed E-state index contributed by atoms with van der Waals surface area (Å²) in [7, 11) is 0. The summed E-state index contributed by atoms with van der Waals surface area (Å²) >= 11 is 0. The fourth-order valence-electron chi connectivity index (χ4n) is 0.770. The van der Waals surface area contributed by atoms with Gasteiger partial charge in [-0.2, -0.15) is 0 Å². The number of carboxylic acid groups (broad SMARTS) is 1. The molecule has 70 valence electrons. The van der Waals surface area contributed by atoms with Crippen molar-refractivity contribution in [2.45, 2.75) is 0 Å². The Labute approximate surface area is 76.5 Å². The molecule has 0 atom stereocenters. The fraction of sp³-hybridized carbons (Fsp3) is 0. The lowest BCUT2D eigenvalue weighted by Crippen LogP contribution is -2.09. The molecule has 0 aliphatic heterocycles. The van der Waals surface area contributed by atoms with Crippen molar-refractivity contribution in [1.29, 1.82) is 0 Å². The molecule has 0 radical (unpaired) electrons. The van der Waals surface area contributed by atoms with Gasteiger partial charge in [-0.05, 0) is 6.08 Å². The first kappa shape index (κ1) is 11.0. The number of aliphatic carboxylic acids is 1. The van der Waals surface area contributed by atoms with Gasteiger partial charge in [-0.25, -0.2) is 4.79 Å². The van der Waals surface area contributed by atoms with E-state index in [4.69, 9.17) is 16.6 Å². The minimum atomic E-state index is -1.15. The third kappa shape index (κ3) is 2.52. The van der Waals surface area contributed by atoms with Crippen LogP contribution in [0.3, 0.4) is 0 Å². The summed E-state index contributed by atoms with van der Waals surface area (Å²) in [5.74, 6) is -1.15. The second kappa shape index (κ2) is 4.82. The van der Waals surface area contributed by atoms with Crippen molar-refractivity contribution < 1.29 is 9.90 Å². The minimum absolute atomic E-state index is 0.0904. The van der Waals surface area contributed by atoms with E-state index in [0.717, 1.165) is 6.20 Å². The third-order valence-corrected chi connectivity index (χ3v) is 1.42. The average Bonchev–Trinajstić information content (AvgIpc) is 2.12. The summed E-state index contributed by atoms with van der Waals surface area (Å²) in [6.07, 6.45) is 3.63. The maximum Gasteiger partial charge on any atom is 0.337 e. The Morgan fingerprint density at radius 2 is 1.85 bits per heavy atom. The van der Waals surface area contributed by atoms with Gasteiger partial charge in [0.1, 0.15) is 0 Å². The van der Waals surface area contributed by atoms with Crippen molar-refractivity contribution in [3.05, 3.63) is 48.4 Å². The zero-order valence-electron chi connectivity index (χ0n) is 7.16. The van der Waals surface area contributed by atoms with Crippen molar-refractivity contribution in [3.63, 3.8) is 0 Å². The van der Waals surface area contributed by atoms with Crippen LogP contribution in [0.1, 0.15) is 0 Å². The molecule has 0 bridgehead atoms. The zero-order chi connectivity index (χ0) is 10.4. The standard InChI is InChI=1S/C9H12N2O2/c1-3-6(8(11)4-2)7(5-10)9(12)13/h3-5H,1-2,10-11H2,(H,12,13)/b7-5+,8-6-. The Bertz CT molecular complexity index is 301. The van der Waals surface area contributed by atoms with Crippen LogP contribution < -0.4 is 11.5 Å². The SMILES string of the molecule is C=C/C(N)=C(C=C)/C(=C\N)C(=O)O. The lowest BCUT2D eigenvalue weighted by molar-refractivity contribution is -0.132. The summed E-state index contributed by atoms with van der Waals surface area (Å²) in [6, 6.07) is 0. The van der Waals surface area contributed by atoms with E-state index in [-0.39, 0.29) is 16.8 Å². The first-order chi connectivity index (χ1) is 6.08. The van der Waals surface area contributed by atoms with Crippen LogP contribution in [0.4, 0.5) is 0 Å². The van der Waals surface area contributed by atoms with Crippen LogP contribution in [0.25, 0.3) is 0 Å². The molecule has 5 N–H and O–H groups in total. The van der Waals surface area contributed by atoms with E-state index in [1.165, 1.54) is 12.2 Å². The Morgan fingerprint density at radius 1 is 1.31 bits per heavy atom. The number of hydrogen-bond donors (Lipinski definition) is 3. The molecule has 0 unspecified atom stereocenters. The minimum Gasteiger partial charge on any atom is -0.478 e. The number of carboxylic acids is 1. The number of allylic oxidation sites excluding steroid dienone is 2. The highest BCUT2D eigenvalue weighted by molar-refractivity contribution is 5.93. The van der Waals surface area contributed by atoms with Gasteiger partial charge in [-0.15, -0.1) is 0 Å². The summed E-state index contributed by atoms with van der Waals surface area (Å²) in [5.41, 5.74) is 11.0. The van der Waals surface area contributed by atoms with Gasteiger partial charge in [0.2, 0.25) is 0 Å². The summed E-state index contributed by atoms with van der Waals surface area (Å²) in [4.78, 5) is 10.6. The smallest absolute Gasteiger partial charge is 0.337 e. The maximum atomic E-state index is 10.6. The van der Waals surface area contributed by atoms with Crippen LogP contribution in [0.5, 0.6) is 0 Å². The predicted molar refractivity (Wildman–Crippen MR) is 51.5 cm³/mol. The molecule has 4 nitrogen and oxygen atoms in total. The largest absolute Gasteiger partial charge is 0.478 e. The van der Waals surface area contributed by atoms with Crippen LogP contribution in [0, 0.1) is 0 Å². The maximum absolute atomic E-state index is 10.6. The molecule has 0 aromatic carbocycles. The number of hydrogen-bond acceptors (Lipinski definition) is 3. The van der Waals surface area contributed by atoms with Crippen molar-refractivity contribution >= 4 is 5.97 Å². The lowest BCUT2D eigenvalue weighted by Gasteiger charge is -2.04. The van der Waals surface area contributed by atoms with Crippen LogP contribution >= 0.6 is 0 Å². The Hall–Kier alpha value is -1.97. The van der Waals surface area contributed by atoms with Gasteiger partial charge < -0.3 is 16.6 Å². The van der Waals surface area contributed by atoms with Crippen molar-refractivity contribution in [2.75, 3.05) is 0 Å². The van der Waals surface area contributed by atoms with E-state index in [2.05, 4.69) is 13.2 Å². The Balaban J connectivity index is 5.33. The van der Waals surface area contributed by atoms with Gasteiger partial charge in [0.15, 0.2) is 0 Å². The van der Waals surface area contributed by atoms with Gasteiger partial charge >= 0.3 is 5.97 Å². The van der Waals surface area contributed by atoms with E-state index >= 15 is 0 Å². The monoisotopic (exact) mass is 180 g/mol. The molecule has 0 amide bonds. The Kier molecular flexibility index (Phi) is 4.09. The topological polar surface area (TPSA) is 89.3 Å². The quantitative estimate of drug-likeness (QED) is 0.434. The molecule has 0 aromatic rings. The highest BCUT2D eigenvalue weighted by atomic mass is 16.4. The number of nitrogens with two attached hydrogens (primary N) is 2. The first-order valence-corrected chi connectivity index (χ1v) is 3.48. The molecule has 0 fully saturated rings. The molecular weight excluding hydrogens is 168 g/mol. The second-order valence-electron chi connectivity index (χ2n) is 2.16. The van der Waals surface area contributed by atoms with Gasteiger partial charge in [0, 0.05) is 17.5 Å². The highest BCUT2D eigenvalue weighted by Gasteiger charge is 2.11. The van der Waals surface area contributed by atoms with Crippen LogP contribution in [-0.2, 0) is 4.79 Å². The third-order valence-electron chi connectivity index (χ3n) is 1.42. The summed E-state index contributed by atoms with van der Waals surface area (Å²) in [6.45, 7) is 6.85. The van der Waals surface area contributed by atoms with E-state index in [9.17, 15) is 4.79 Å². The van der Waals surface area contributed by atoms with E-state index in [0.29, 0.717) is 0 Å².